The first-order valence-corrected chi connectivity index (χ1v) is 8.38. The van der Waals surface area contributed by atoms with Crippen LogP contribution in [0, 0.1) is 11.3 Å². The van der Waals surface area contributed by atoms with E-state index in [0.29, 0.717) is 25.1 Å². The van der Waals surface area contributed by atoms with Crippen molar-refractivity contribution in [3.8, 4) is 0 Å². The van der Waals surface area contributed by atoms with Crippen molar-refractivity contribution in [1.29, 1.82) is 0 Å². The van der Waals surface area contributed by atoms with E-state index in [1.165, 1.54) is 0 Å². The van der Waals surface area contributed by atoms with E-state index >= 15 is 0 Å². The van der Waals surface area contributed by atoms with Gasteiger partial charge in [-0.1, -0.05) is 45.4 Å². The Balaban J connectivity index is 1.91. The summed E-state index contributed by atoms with van der Waals surface area (Å²) in [5.41, 5.74) is 0.894. The molecule has 1 aliphatic heterocycles. The minimum Gasteiger partial charge on any atom is -0.481 e. The fraction of sp³-hybridized carbons (Fsp3) is 0.579. The van der Waals surface area contributed by atoms with Crippen LogP contribution < -0.4 is 0 Å². The molecule has 1 heterocycles. The number of hydrogen-bond acceptors (Lipinski definition) is 2. The summed E-state index contributed by atoms with van der Waals surface area (Å²) in [6.45, 7) is 7.21. The number of fused-ring (bicyclic) bond motifs is 1. The third kappa shape index (κ3) is 2.54. The molecule has 1 saturated heterocycles. The molecule has 1 N–H and O–H groups in total. The van der Waals surface area contributed by atoms with Crippen molar-refractivity contribution in [3.63, 3.8) is 0 Å². The molecule has 2 atom stereocenters. The first kappa shape index (κ1) is 16.0. The van der Waals surface area contributed by atoms with Gasteiger partial charge in [0.15, 0.2) is 0 Å². The van der Waals surface area contributed by atoms with Gasteiger partial charge < -0.3 is 10.0 Å². The highest BCUT2D eigenvalue weighted by molar-refractivity contribution is 5.97. The fourth-order valence-corrected chi connectivity index (χ4v) is 4.29. The number of benzene rings is 1. The standard InChI is InChI=1S/C19H25NO3/c1-18(2,3)15-9-5-4-8-14(15)16(21)20-11-13-7-6-10-19(13,12-20)17(22)23/h4-5,8-9,13H,6-7,10-12H2,1-3H3,(H,22,23)/t13-,19+/m0/s1. The van der Waals surface area contributed by atoms with E-state index in [1.807, 2.05) is 24.3 Å². The van der Waals surface area contributed by atoms with Gasteiger partial charge in [-0.05, 0) is 35.8 Å². The van der Waals surface area contributed by atoms with Gasteiger partial charge in [0.2, 0.25) is 0 Å². The zero-order chi connectivity index (χ0) is 16.8. The smallest absolute Gasteiger partial charge is 0.311 e. The highest BCUT2D eigenvalue weighted by atomic mass is 16.4. The summed E-state index contributed by atoms with van der Waals surface area (Å²) >= 11 is 0. The Labute approximate surface area is 137 Å². The van der Waals surface area contributed by atoms with Crippen LogP contribution >= 0.6 is 0 Å². The van der Waals surface area contributed by atoms with Crippen LogP contribution in [0.4, 0.5) is 0 Å². The maximum Gasteiger partial charge on any atom is 0.311 e. The van der Waals surface area contributed by atoms with Crippen molar-refractivity contribution < 1.29 is 14.7 Å². The molecule has 3 rings (SSSR count). The van der Waals surface area contributed by atoms with Crippen molar-refractivity contribution in [1.82, 2.24) is 4.90 Å². The molecule has 2 fully saturated rings. The lowest BCUT2D eigenvalue weighted by Gasteiger charge is -2.26. The van der Waals surface area contributed by atoms with E-state index in [1.54, 1.807) is 4.90 Å². The zero-order valence-electron chi connectivity index (χ0n) is 14.1. The third-order valence-electron chi connectivity index (χ3n) is 5.55. The maximum absolute atomic E-state index is 13.0. The quantitative estimate of drug-likeness (QED) is 0.911. The maximum atomic E-state index is 13.0. The van der Waals surface area contributed by atoms with Crippen LogP contribution in [0.5, 0.6) is 0 Å². The van der Waals surface area contributed by atoms with E-state index in [9.17, 15) is 14.7 Å². The molecule has 0 spiro atoms. The lowest BCUT2D eigenvalue weighted by molar-refractivity contribution is -0.149. The summed E-state index contributed by atoms with van der Waals surface area (Å²) in [6, 6.07) is 7.70. The summed E-state index contributed by atoms with van der Waals surface area (Å²) in [6.07, 6.45) is 2.56. The monoisotopic (exact) mass is 315 g/mol. The van der Waals surface area contributed by atoms with Crippen molar-refractivity contribution in [2.24, 2.45) is 11.3 Å². The molecule has 4 nitrogen and oxygen atoms in total. The number of carboxylic acids is 1. The average molecular weight is 315 g/mol. The van der Waals surface area contributed by atoms with Crippen LogP contribution in [0.15, 0.2) is 24.3 Å². The molecule has 4 heteroatoms. The summed E-state index contributed by atoms with van der Waals surface area (Å²) in [7, 11) is 0. The number of amides is 1. The predicted molar refractivity (Wildman–Crippen MR) is 88.5 cm³/mol. The Morgan fingerprint density at radius 3 is 2.57 bits per heavy atom. The first-order chi connectivity index (χ1) is 10.8. The minimum absolute atomic E-state index is 0.0226. The van der Waals surface area contributed by atoms with Crippen LogP contribution in [0.2, 0.25) is 0 Å². The molecular weight excluding hydrogens is 290 g/mol. The molecule has 1 amide bonds. The van der Waals surface area contributed by atoms with Gasteiger partial charge in [0.05, 0.1) is 5.41 Å². The second-order valence-corrected chi connectivity index (χ2v) is 8.03. The van der Waals surface area contributed by atoms with Crippen molar-refractivity contribution in [2.75, 3.05) is 13.1 Å². The second kappa shape index (κ2) is 5.36. The van der Waals surface area contributed by atoms with E-state index in [0.717, 1.165) is 18.4 Å². The number of carbonyl (C=O) groups is 2. The normalized spacial score (nSPS) is 27.1. The molecular formula is C19H25NO3. The lowest BCUT2D eigenvalue weighted by atomic mass is 9.81. The average Bonchev–Trinajstić information content (AvgIpc) is 3.03. The van der Waals surface area contributed by atoms with Gasteiger partial charge in [0.1, 0.15) is 0 Å². The summed E-state index contributed by atoms with van der Waals surface area (Å²) in [5.74, 6) is -0.657. The Morgan fingerprint density at radius 1 is 1.26 bits per heavy atom. The van der Waals surface area contributed by atoms with Crippen LogP contribution in [0.3, 0.4) is 0 Å². The van der Waals surface area contributed by atoms with E-state index < -0.39 is 11.4 Å². The molecule has 23 heavy (non-hydrogen) atoms. The largest absolute Gasteiger partial charge is 0.481 e. The van der Waals surface area contributed by atoms with Crippen molar-refractivity contribution >= 4 is 11.9 Å². The van der Waals surface area contributed by atoms with E-state index in [4.69, 9.17) is 0 Å². The number of carbonyl (C=O) groups excluding carboxylic acids is 1. The molecule has 1 aliphatic carbocycles. The molecule has 1 aromatic rings. The van der Waals surface area contributed by atoms with Gasteiger partial charge in [0.25, 0.3) is 5.91 Å². The van der Waals surface area contributed by atoms with Crippen LogP contribution in [0.25, 0.3) is 0 Å². The molecule has 0 aromatic heterocycles. The minimum atomic E-state index is -0.737. The number of aliphatic carboxylic acids is 1. The number of nitrogens with zero attached hydrogens (tertiary/aromatic N) is 1. The van der Waals surface area contributed by atoms with Crippen molar-refractivity contribution in [3.05, 3.63) is 35.4 Å². The molecule has 124 valence electrons. The molecule has 0 unspecified atom stereocenters. The summed E-state index contributed by atoms with van der Waals surface area (Å²) in [5, 5.41) is 9.69. The number of hydrogen-bond donors (Lipinski definition) is 1. The van der Waals surface area contributed by atoms with Gasteiger partial charge in [-0.2, -0.15) is 0 Å². The van der Waals surface area contributed by atoms with E-state index in [-0.39, 0.29) is 17.2 Å². The predicted octanol–water partition coefficient (Wildman–Crippen LogP) is 3.31. The molecule has 1 saturated carbocycles. The summed E-state index contributed by atoms with van der Waals surface area (Å²) < 4.78 is 0. The number of likely N-dealkylation sites (tertiary alicyclic amines) is 1. The number of rotatable bonds is 2. The van der Waals surface area contributed by atoms with E-state index in [2.05, 4.69) is 20.8 Å². The van der Waals surface area contributed by atoms with Crippen molar-refractivity contribution in [2.45, 2.75) is 45.4 Å². The second-order valence-electron chi connectivity index (χ2n) is 8.03. The molecule has 0 radical (unpaired) electrons. The van der Waals surface area contributed by atoms with Gasteiger partial charge in [-0.25, -0.2) is 0 Å². The van der Waals surface area contributed by atoms with Gasteiger partial charge in [0, 0.05) is 18.7 Å². The number of carboxylic acid groups (broad SMARTS) is 1. The Morgan fingerprint density at radius 2 is 1.96 bits per heavy atom. The lowest BCUT2D eigenvalue weighted by Crippen LogP contribution is -2.37. The molecule has 1 aromatic carbocycles. The first-order valence-electron chi connectivity index (χ1n) is 8.38. The van der Waals surface area contributed by atoms with Gasteiger partial charge in [-0.15, -0.1) is 0 Å². The topological polar surface area (TPSA) is 57.6 Å². The SMILES string of the molecule is CC(C)(C)c1ccccc1C(=O)N1C[C@@H]2CCC[C@@]2(C(=O)O)C1. The third-order valence-corrected chi connectivity index (χ3v) is 5.55. The molecule has 2 aliphatic rings. The van der Waals surface area contributed by atoms with Crippen LogP contribution in [-0.2, 0) is 10.2 Å². The Bertz CT molecular complexity index is 646. The summed E-state index contributed by atoms with van der Waals surface area (Å²) in [4.78, 5) is 26.6. The highest BCUT2D eigenvalue weighted by Gasteiger charge is 2.55. The molecule has 0 bridgehead atoms. The Hall–Kier alpha value is -1.84. The zero-order valence-corrected chi connectivity index (χ0v) is 14.1. The Kier molecular flexibility index (Phi) is 3.74. The van der Waals surface area contributed by atoms with Crippen LogP contribution in [-0.4, -0.2) is 35.0 Å². The van der Waals surface area contributed by atoms with Gasteiger partial charge in [-0.3, -0.25) is 9.59 Å². The highest BCUT2D eigenvalue weighted by Crippen LogP contribution is 2.49. The van der Waals surface area contributed by atoms with Crippen LogP contribution in [0.1, 0.15) is 56.0 Å². The fourth-order valence-electron chi connectivity index (χ4n) is 4.29. The van der Waals surface area contributed by atoms with Gasteiger partial charge >= 0.3 is 5.97 Å².